The van der Waals surface area contributed by atoms with Gasteiger partial charge in [0, 0.05) is 24.7 Å². The van der Waals surface area contributed by atoms with Crippen molar-refractivity contribution >= 4 is 17.5 Å². The normalized spacial score (nSPS) is 16.4. The van der Waals surface area contributed by atoms with Gasteiger partial charge in [0.15, 0.2) is 0 Å². The molecule has 0 unspecified atom stereocenters. The molecule has 0 aromatic heterocycles. The Morgan fingerprint density at radius 2 is 2.33 bits per heavy atom. The van der Waals surface area contributed by atoms with Gasteiger partial charge >= 0.3 is 0 Å². The first-order valence-corrected chi connectivity index (χ1v) is 6.49. The lowest BCUT2D eigenvalue weighted by Crippen LogP contribution is -2.47. The van der Waals surface area contributed by atoms with Gasteiger partial charge in [-0.3, -0.25) is 9.69 Å². The van der Waals surface area contributed by atoms with Gasteiger partial charge in [0.2, 0.25) is 5.91 Å². The van der Waals surface area contributed by atoms with Crippen molar-refractivity contribution in [2.24, 2.45) is 0 Å². The molecule has 0 spiro atoms. The van der Waals surface area contributed by atoms with Crippen LogP contribution in [0, 0.1) is 0 Å². The Bertz CT molecular complexity index is 412. The number of nitrogens with zero attached hydrogens (tertiary/aromatic N) is 1. The van der Waals surface area contributed by atoms with Crippen molar-refractivity contribution in [3.63, 3.8) is 0 Å². The second-order valence-electron chi connectivity index (χ2n) is 4.29. The van der Waals surface area contributed by atoms with Crippen LogP contribution >= 0.6 is 11.6 Å². The van der Waals surface area contributed by atoms with Crippen molar-refractivity contribution in [3.8, 4) is 5.75 Å². The Hall–Kier alpha value is -1.26. The topological polar surface area (TPSA) is 41.6 Å². The Labute approximate surface area is 112 Å². The van der Waals surface area contributed by atoms with Gasteiger partial charge in [-0.05, 0) is 24.6 Å². The monoisotopic (exact) mass is 268 g/mol. The average molecular weight is 269 g/mol. The van der Waals surface area contributed by atoms with Gasteiger partial charge in [-0.15, -0.1) is 0 Å². The molecule has 0 bridgehead atoms. The minimum absolute atomic E-state index is 0.108. The number of carbonyl (C=O) groups excluding carboxylic acids is 1. The maximum Gasteiger partial charge on any atom is 0.234 e. The molecule has 1 amide bonds. The first-order valence-electron chi connectivity index (χ1n) is 6.11. The average Bonchev–Trinajstić information content (AvgIpc) is 2.35. The Balaban J connectivity index is 1.65. The fraction of sp³-hybridized carbons (Fsp3) is 0.462. The number of piperazine rings is 1. The minimum atomic E-state index is 0.108. The molecule has 18 heavy (non-hydrogen) atoms. The SMILES string of the molecule is O=C1CN(CCCOc2cccc(Cl)c2)CCN1. The van der Waals surface area contributed by atoms with Crippen molar-refractivity contribution in [3.05, 3.63) is 29.3 Å². The third kappa shape index (κ3) is 4.20. The van der Waals surface area contributed by atoms with Crippen LogP contribution in [0.2, 0.25) is 5.02 Å². The van der Waals surface area contributed by atoms with Crippen molar-refractivity contribution in [1.29, 1.82) is 0 Å². The standard InChI is InChI=1S/C13H17ClN2O2/c14-11-3-1-4-12(9-11)18-8-2-6-16-7-5-15-13(17)10-16/h1,3-4,9H,2,5-8,10H2,(H,15,17). The number of hydrogen-bond acceptors (Lipinski definition) is 3. The zero-order valence-corrected chi connectivity index (χ0v) is 10.9. The summed E-state index contributed by atoms with van der Waals surface area (Å²) in [6.45, 7) is 3.68. The molecule has 1 fully saturated rings. The summed E-state index contributed by atoms with van der Waals surface area (Å²) in [6.07, 6.45) is 0.903. The van der Waals surface area contributed by atoms with Gasteiger partial charge < -0.3 is 10.1 Å². The molecule has 5 heteroatoms. The van der Waals surface area contributed by atoms with Crippen LogP contribution in [0.3, 0.4) is 0 Å². The largest absolute Gasteiger partial charge is 0.493 e. The molecule has 1 heterocycles. The zero-order chi connectivity index (χ0) is 12.8. The third-order valence-corrected chi connectivity index (χ3v) is 3.04. The summed E-state index contributed by atoms with van der Waals surface area (Å²) in [7, 11) is 0. The van der Waals surface area contributed by atoms with E-state index in [1.165, 1.54) is 0 Å². The first kappa shape index (κ1) is 13.2. The second-order valence-corrected chi connectivity index (χ2v) is 4.72. The molecule has 1 aliphatic heterocycles. The van der Waals surface area contributed by atoms with Gasteiger partial charge in [-0.2, -0.15) is 0 Å². The highest BCUT2D eigenvalue weighted by atomic mass is 35.5. The quantitative estimate of drug-likeness (QED) is 0.824. The lowest BCUT2D eigenvalue weighted by molar-refractivity contribution is -0.124. The summed E-state index contributed by atoms with van der Waals surface area (Å²) in [4.78, 5) is 13.3. The maximum absolute atomic E-state index is 11.2. The van der Waals surface area contributed by atoms with E-state index in [-0.39, 0.29) is 5.91 Å². The number of benzene rings is 1. The molecule has 1 N–H and O–H groups in total. The predicted octanol–water partition coefficient (Wildman–Crippen LogP) is 1.54. The number of rotatable bonds is 5. The fourth-order valence-corrected chi connectivity index (χ4v) is 2.10. The second kappa shape index (κ2) is 6.61. The molecular weight excluding hydrogens is 252 g/mol. The molecule has 1 aromatic carbocycles. The molecule has 1 aromatic rings. The highest BCUT2D eigenvalue weighted by Crippen LogP contribution is 2.17. The van der Waals surface area contributed by atoms with Gasteiger partial charge in [-0.1, -0.05) is 17.7 Å². The van der Waals surface area contributed by atoms with Crippen molar-refractivity contribution in [2.45, 2.75) is 6.42 Å². The van der Waals surface area contributed by atoms with Crippen LogP contribution in [-0.4, -0.2) is 43.6 Å². The Morgan fingerprint density at radius 1 is 1.44 bits per heavy atom. The fourth-order valence-electron chi connectivity index (χ4n) is 1.92. The maximum atomic E-state index is 11.2. The van der Waals surface area contributed by atoms with Crippen molar-refractivity contribution < 1.29 is 9.53 Å². The minimum Gasteiger partial charge on any atom is -0.493 e. The number of halogens is 1. The molecule has 0 aliphatic carbocycles. The van der Waals surface area contributed by atoms with Crippen LogP contribution in [0.1, 0.15) is 6.42 Å². The van der Waals surface area contributed by atoms with Crippen LogP contribution in [0.15, 0.2) is 24.3 Å². The van der Waals surface area contributed by atoms with Crippen LogP contribution < -0.4 is 10.1 Å². The summed E-state index contributed by atoms with van der Waals surface area (Å²) in [6, 6.07) is 7.38. The van der Waals surface area contributed by atoms with Gasteiger partial charge in [0.25, 0.3) is 0 Å². The summed E-state index contributed by atoms with van der Waals surface area (Å²) < 4.78 is 5.59. The van der Waals surface area contributed by atoms with Crippen LogP contribution in [-0.2, 0) is 4.79 Å². The van der Waals surface area contributed by atoms with E-state index < -0.39 is 0 Å². The molecule has 1 saturated heterocycles. The van der Waals surface area contributed by atoms with Gasteiger partial charge in [0.1, 0.15) is 5.75 Å². The molecule has 2 rings (SSSR count). The van der Waals surface area contributed by atoms with E-state index in [1.54, 1.807) is 6.07 Å². The van der Waals surface area contributed by atoms with Crippen LogP contribution in [0.25, 0.3) is 0 Å². The van der Waals surface area contributed by atoms with Gasteiger partial charge in [0.05, 0.1) is 13.2 Å². The molecule has 0 saturated carbocycles. The lowest BCUT2D eigenvalue weighted by atomic mass is 10.3. The third-order valence-electron chi connectivity index (χ3n) is 2.80. The number of ether oxygens (including phenoxy) is 1. The van der Waals surface area contributed by atoms with E-state index in [2.05, 4.69) is 10.2 Å². The van der Waals surface area contributed by atoms with Gasteiger partial charge in [-0.25, -0.2) is 0 Å². The summed E-state index contributed by atoms with van der Waals surface area (Å²) in [5, 5.41) is 3.49. The van der Waals surface area contributed by atoms with E-state index in [1.807, 2.05) is 18.2 Å². The summed E-state index contributed by atoms with van der Waals surface area (Å²) >= 11 is 5.86. The van der Waals surface area contributed by atoms with Crippen LogP contribution in [0.5, 0.6) is 5.75 Å². The molecule has 0 atom stereocenters. The van der Waals surface area contributed by atoms with E-state index in [0.717, 1.165) is 31.8 Å². The predicted molar refractivity (Wildman–Crippen MR) is 71.0 cm³/mol. The lowest BCUT2D eigenvalue weighted by Gasteiger charge is -2.26. The zero-order valence-electron chi connectivity index (χ0n) is 10.2. The van der Waals surface area contributed by atoms with E-state index in [4.69, 9.17) is 16.3 Å². The van der Waals surface area contributed by atoms with E-state index >= 15 is 0 Å². The van der Waals surface area contributed by atoms with Crippen LogP contribution in [0.4, 0.5) is 0 Å². The Morgan fingerprint density at radius 3 is 3.11 bits per heavy atom. The number of amides is 1. The summed E-state index contributed by atoms with van der Waals surface area (Å²) in [5.41, 5.74) is 0. The first-order chi connectivity index (χ1) is 8.74. The molecule has 1 aliphatic rings. The Kier molecular flexibility index (Phi) is 4.84. The highest BCUT2D eigenvalue weighted by molar-refractivity contribution is 6.30. The number of hydrogen-bond donors (Lipinski definition) is 1. The molecule has 98 valence electrons. The highest BCUT2D eigenvalue weighted by Gasteiger charge is 2.14. The summed E-state index contributed by atoms with van der Waals surface area (Å²) in [5.74, 6) is 0.899. The molecule has 4 nitrogen and oxygen atoms in total. The van der Waals surface area contributed by atoms with Crippen molar-refractivity contribution in [2.75, 3.05) is 32.8 Å². The van der Waals surface area contributed by atoms with E-state index in [0.29, 0.717) is 18.2 Å². The van der Waals surface area contributed by atoms with Crippen molar-refractivity contribution in [1.82, 2.24) is 10.2 Å². The number of carbonyl (C=O) groups is 1. The molecular formula is C13H17ClN2O2. The number of nitrogens with one attached hydrogen (secondary N) is 1. The van der Waals surface area contributed by atoms with E-state index in [9.17, 15) is 4.79 Å². The smallest absolute Gasteiger partial charge is 0.234 e. The molecule has 0 radical (unpaired) electrons.